The fraction of sp³-hybridized carbons (Fsp3) is 0.571. The van der Waals surface area contributed by atoms with Crippen LogP contribution in [-0.4, -0.2) is 43.8 Å². The number of thiophene rings is 1. The predicted octanol–water partition coefficient (Wildman–Crippen LogP) is 2.86. The monoisotopic (exact) mass is 299 g/mol. The number of likely N-dealkylation sites (N-methyl/N-ethyl adjacent to an activating group) is 1. The van der Waals surface area contributed by atoms with Gasteiger partial charge in [-0.1, -0.05) is 6.92 Å². The quantitative estimate of drug-likeness (QED) is 0.758. The summed E-state index contributed by atoms with van der Waals surface area (Å²) in [6.07, 6.45) is 0.491. The second-order valence-electron chi connectivity index (χ2n) is 4.30. The molecule has 0 aliphatic carbocycles. The van der Waals surface area contributed by atoms with E-state index in [1.54, 1.807) is 14.0 Å². The van der Waals surface area contributed by atoms with Gasteiger partial charge in [0, 0.05) is 11.9 Å². The maximum atomic E-state index is 11.9. The van der Waals surface area contributed by atoms with Crippen LogP contribution in [0.2, 0.25) is 0 Å². The van der Waals surface area contributed by atoms with E-state index in [9.17, 15) is 9.59 Å². The molecule has 0 saturated carbocycles. The molecule has 1 aromatic rings. The molecule has 0 spiro atoms. The molecule has 0 atom stereocenters. The van der Waals surface area contributed by atoms with Crippen LogP contribution < -0.4 is 0 Å². The molecule has 0 saturated heterocycles. The zero-order chi connectivity index (χ0) is 15.1. The van der Waals surface area contributed by atoms with Gasteiger partial charge in [0.25, 0.3) is 0 Å². The highest BCUT2D eigenvalue weighted by Gasteiger charge is 2.14. The maximum absolute atomic E-state index is 11.9. The lowest BCUT2D eigenvalue weighted by atomic mass is 10.2. The van der Waals surface area contributed by atoms with Gasteiger partial charge in [-0.15, -0.1) is 11.3 Å². The standard InChI is InChI=1S/C14H21NO4S/c1-5-11-9-12(20-10(11)3)13(16)19-8-7-15(4)14(17)18-6-2/h9H,5-8H2,1-4H3. The van der Waals surface area contributed by atoms with Crippen molar-refractivity contribution < 1.29 is 19.1 Å². The topological polar surface area (TPSA) is 55.8 Å². The van der Waals surface area contributed by atoms with Crippen LogP contribution in [0.4, 0.5) is 4.79 Å². The van der Waals surface area contributed by atoms with Crippen molar-refractivity contribution >= 4 is 23.4 Å². The van der Waals surface area contributed by atoms with Gasteiger partial charge >= 0.3 is 12.1 Å². The van der Waals surface area contributed by atoms with E-state index in [0.717, 1.165) is 11.3 Å². The number of hydrogen-bond acceptors (Lipinski definition) is 5. The molecule has 0 bridgehead atoms. The van der Waals surface area contributed by atoms with Gasteiger partial charge in [-0.3, -0.25) is 0 Å². The van der Waals surface area contributed by atoms with E-state index in [1.807, 2.05) is 13.0 Å². The number of hydrogen-bond donors (Lipinski definition) is 0. The summed E-state index contributed by atoms with van der Waals surface area (Å²) in [7, 11) is 1.61. The Bertz CT molecular complexity index is 470. The van der Waals surface area contributed by atoms with Crippen LogP contribution in [-0.2, 0) is 15.9 Å². The number of rotatable bonds is 6. The average Bonchev–Trinajstić information content (AvgIpc) is 2.80. The Balaban J connectivity index is 2.41. The second kappa shape index (κ2) is 7.89. The van der Waals surface area contributed by atoms with Crippen molar-refractivity contribution in [3.8, 4) is 0 Å². The summed E-state index contributed by atoms with van der Waals surface area (Å²) in [4.78, 5) is 26.3. The largest absolute Gasteiger partial charge is 0.460 e. The number of carbonyl (C=O) groups is 2. The van der Waals surface area contributed by atoms with Crippen molar-refractivity contribution in [3.63, 3.8) is 0 Å². The molecule has 0 fully saturated rings. The van der Waals surface area contributed by atoms with Crippen molar-refractivity contribution in [2.24, 2.45) is 0 Å². The van der Waals surface area contributed by atoms with Gasteiger partial charge in [-0.25, -0.2) is 9.59 Å². The second-order valence-corrected chi connectivity index (χ2v) is 5.56. The number of aryl methyl sites for hydroxylation is 2. The van der Waals surface area contributed by atoms with Gasteiger partial charge in [-0.05, 0) is 31.9 Å². The van der Waals surface area contributed by atoms with Crippen LogP contribution in [0.25, 0.3) is 0 Å². The number of ether oxygens (including phenoxy) is 2. The van der Waals surface area contributed by atoms with Crippen molar-refractivity contribution in [1.29, 1.82) is 0 Å². The van der Waals surface area contributed by atoms with Crippen molar-refractivity contribution in [2.45, 2.75) is 27.2 Å². The lowest BCUT2D eigenvalue weighted by Crippen LogP contribution is -2.31. The molecule has 20 heavy (non-hydrogen) atoms. The first-order valence-electron chi connectivity index (χ1n) is 6.63. The molecule has 0 aliphatic heterocycles. The van der Waals surface area contributed by atoms with Crippen molar-refractivity contribution in [1.82, 2.24) is 4.90 Å². The smallest absolute Gasteiger partial charge is 0.409 e. The minimum absolute atomic E-state index is 0.159. The minimum Gasteiger partial charge on any atom is -0.460 e. The average molecular weight is 299 g/mol. The van der Waals surface area contributed by atoms with Gasteiger partial charge in [0.15, 0.2) is 0 Å². The van der Waals surface area contributed by atoms with Crippen LogP contribution in [0.1, 0.15) is 34.0 Å². The Hall–Kier alpha value is -1.56. The zero-order valence-corrected chi connectivity index (χ0v) is 13.2. The Morgan fingerprint density at radius 3 is 2.55 bits per heavy atom. The van der Waals surface area contributed by atoms with E-state index < -0.39 is 6.09 Å². The summed E-state index contributed by atoms with van der Waals surface area (Å²) in [5.41, 5.74) is 1.17. The minimum atomic E-state index is -0.413. The third-order valence-corrected chi connectivity index (χ3v) is 3.91. The first-order valence-corrected chi connectivity index (χ1v) is 7.45. The Labute approximate surface area is 123 Å². The van der Waals surface area contributed by atoms with E-state index >= 15 is 0 Å². The number of esters is 1. The number of amides is 1. The summed E-state index contributed by atoms with van der Waals surface area (Å²) < 4.78 is 9.99. The molecule has 0 radical (unpaired) electrons. The van der Waals surface area contributed by atoms with E-state index in [0.29, 0.717) is 18.0 Å². The van der Waals surface area contributed by atoms with Crippen LogP contribution in [0.3, 0.4) is 0 Å². The fourth-order valence-electron chi connectivity index (χ4n) is 1.64. The van der Waals surface area contributed by atoms with Crippen LogP contribution in [0.15, 0.2) is 6.07 Å². The van der Waals surface area contributed by atoms with Gasteiger partial charge in [-0.2, -0.15) is 0 Å². The summed E-state index contributed by atoms with van der Waals surface area (Å²) in [6.45, 7) is 6.60. The molecular weight excluding hydrogens is 278 g/mol. The zero-order valence-electron chi connectivity index (χ0n) is 12.4. The van der Waals surface area contributed by atoms with Crippen molar-refractivity contribution in [3.05, 3.63) is 21.4 Å². The SMILES string of the molecule is CCOC(=O)N(C)CCOC(=O)c1cc(CC)c(C)s1. The van der Waals surface area contributed by atoms with Crippen LogP contribution in [0.5, 0.6) is 0 Å². The molecule has 1 aromatic heterocycles. The summed E-state index contributed by atoms with van der Waals surface area (Å²) in [6, 6.07) is 1.87. The third kappa shape index (κ3) is 4.52. The fourth-order valence-corrected chi connectivity index (χ4v) is 2.65. The van der Waals surface area contributed by atoms with Gasteiger partial charge in [0.1, 0.15) is 11.5 Å². The molecule has 1 amide bonds. The number of nitrogens with zero attached hydrogens (tertiary/aromatic N) is 1. The molecule has 6 heteroatoms. The Morgan fingerprint density at radius 1 is 1.30 bits per heavy atom. The highest BCUT2D eigenvalue weighted by Crippen LogP contribution is 2.22. The number of carbonyl (C=O) groups excluding carboxylic acids is 2. The van der Waals surface area contributed by atoms with E-state index in [4.69, 9.17) is 9.47 Å². The van der Waals surface area contributed by atoms with E-state index in [2.05, 4.69) is 6.92 Å². The third-order valence-electron chi connectivity index (χ3n) is 2.84. The predicted molar refractivity (Wildman–Crippen MR) is 78.4 cm³/mol. The lowest BCUT2D eigenvalue weighted by Gasteiger charge is -2.15. The summed E-state index contributed by atoms with van der Waals surface area (Å²) >= 11 is 1.44. The molecule has 5 nitrogen and oxygen atoms in total. The molecular formula is C14H21NO4S. The maximum Gasteiger partial charge on any atom is 0.409 e. The molecule has 1 heterocycles. The lowest BCUT2D eigenvalue weighted by molar-refractivity contribution is 0.0462. The van der Waals surface area contributed by atoms with Gasteiger partial charge in [0.2, 0.25) is 0 Å². The Morgan fingerprint density at radius 2 is 2.00 bits per heavy atom. The first-order chi connectivity index (χ1) is 9.49. The van der Waals surface area contributed by atoms with Crippen LogP contribution >= 0.6 is 11.3 Å². The molecule has 0 aliphatic rings. The highest BCUT2D eigenvalue weighted by atomic mass is 32.1. The van der Waals surface area contributed by atoms with Crippen molar-refractivity contribution in [2.75, 3.05) is 26.8 Å². The molecule has 1 rings (SSSR count). The molecule has 0 N–H and O–H groups in total. The Kier molecular flexibility index (Phi) is 6.51. The normalized spacial score (nSPS) is 10.2. The molecule has 0 aromatic carbocycles. The van der Waals surface area contributed by atoms with Gasteiger partial charge < -0.3 is 14.4 Å². The summed E-state index contributed by atoms with van der Waals surface area (Å²) in [5, 5.41) is 0. The highest BCUT2D eigenvalue weighted by molar-refractivity contribution is 7.14. The van der Waals surface area contributed by atoms with Crippen LogP contribution in [0, 0.1) is 6.92 Å². The molecule has 0 unspecified atom stereocenters. The molecule has 112 valence electrons. The summed E-state index contributed by atoms with van der Waals surface area (Å²) in [5.74, 6) is -0.338. The van der Waals surface area contributed by atoms with E-state index in [-0.39, 0.29) is 12.6 Å². The van der Waals surface area contributed by atoms with E-state index in [1.165, 1.54) is 21.8 Å². The first kappa shape index (κ1) is 16.5. The van der Waals surface area contributed by atoms with Gasteiger partial charge in [0.05, 0.1) is 13.2 Å².